The van der Waals surface area contributed by atoms with Crippen LogP contribution < -0.4 is 5.56 Å². The third-order valence-corrected chi connectivity index (χ3v) is 6.73. The van der Waals surface area contributed by atoms with Crippen LogP contribution in [0.4, 0.5) is 0 Å². The minimum Gasteiger partial charge on any atom is -0.272 e. The number of nitrogens with zero attached hydrogens (tertiary/aromatic N) is 4. The van der Waals surface area contributed by atoms with Crippen LogP contribution >= 0.6 is 27.7 Å². The highest BCUT2D eigenvalue weighted by atomic mass is 79.9. The third kappa shape index (κ3) is 3.44. The van der Waals surface area contributed by atoms with E-state index in [0.29, 0.717) is 17.7 Å². The summed E-state index contributed by atoms with van der Waals surface area (Å²) in [4.78, 5) is 13.2. The maximum atomic E-state index is 13.2. The highest BCUT2D eigenvalue weighted by molar-refractivity contribution is 9.10. The lowest BCUT2D eigenvalue weighted by atomic mass is 10.2. The smallest absolute Gasteiger partial charge is 0.263 e. The maximum absolute atomic E-state index is 13.2. The minimum atomic E-state index is -0.0586. The monoisotopic (exact) mass is 476 g/mol. The first-order valence-corrected chi connectivity index (χ1v) is 11.3. The summed E-state index contributed by atoms with van der Waals surface area (Å²) in [5.41, 5.74) is 2.99. The fourth-order valence-electron chi connectivity index (χ4n) is 3.49. The fourth-order valence-corrected chi connectivity index (χ4v) is 5.05. The van der Waals surface area contributed by atoms with Gasteiger partial charge in [0.15, 0.2) is 5.16 Å². The van der Waals surface area contributed by atoms with Gasteiger partial charge in [-0.05, 0) is 29.3 Å². The second-order valence-corrected chi connectivity index (χ2v) is 8.69. The molecular formula is C23H17BrN4OS. The molecule has 148 valence electrons. The highest BCUT2D eigenvalue weighted by Crippen LogP contribution is 2.27. The lowest BCUT2D eigenvalue weighted by Gasteiger charge is -2.11. The Morgan fingerprint density at radius 3 is 2.43 bits per heavy atom. The molecule has 0 atom stereocenters. The molecule has 2 aromatic heterocycles. The summed E-state index contributed by atoms with van der Waals surface area (Å²) in [6.07, 6.45) is 0. The zero-order chi connectivity index (χ0) is 20.5. The molecular weight excluding hydrogens is 460 g/mol. The van der Waals surface area contributed by atoms with Crippen LogP contribution in [0.5, 0.6) is 0 Å². The van der Waals surface area contributed by atoms with E-state index < -0.39 is 0 Å². The number of thioether (sulfide) groups is 1. The summed E-state index contributed by atoms with van der Waals surface area (Å²) in [6.45, 7) is 0.445. The van der Waals surface area contributed by atoms with Crippen molar-refractivity contribution < 1.29 is 0 Å². The predicted octanol–water partition coefficient (Wildman–Crippen LogP) is 5.15. The minimum absolute atomic E-state index is 0.0586. The van der Waals surface area contributed by atoms with Crippen molar-refractivity contribution in [1.82, 2.24) is 19.2 Å². The second-order valence-electron chi connectivity index (χ2n) is 6.89. The van der Waals surface area contributed by atoms with Crippen molar-refractivity contribution in [2.75, 3.05) is 0 Å². The molecule has 5 aromatic rings. The Morgan fingerprint density at radius 2 is 1.60 bits per heavy atom. The van der Waals surface area contributed by atoms with Crippen LogP contribution in [-0.4, -0.2) is 19.2 Å². The number of fused-ring (bicyclic) bond motifs is 3. The van der Waals surface area contributed by atoms with Gasteiger partial charge in [-0.3, -0.25) is 13.8 Å². The molecule has 5 nitrogen and oxygen atoms in total. The van der Waals surface area contributed by atoms with Crippen LogP contribution in [0, 0.1) is 0 Å². The van der Waals surface area contributed by atoms with Crippen LogP contribution in [-0.2, 0) is 12.3 Å². The lowest BCUT2D eigenvalue weighted by Crippen LogP contribution is -2.24. The summed E-state index contributed by atoms with van der Waals surface area (Å²) in [6, 6.07) is 25.7. The first kappa shape index (κ1) is 19.1. The van der Waals surface area contributed by atoms with Crippen molar-refractivity contribution in [2.24, 2.45) is 0 Å². The first-order chi connectivity index (χ1) is 14.7. The van der Waals surface area contributed by atoms with Gasteiger partial charge in [-0.25, -0.2) is 0 Å². The summed E-state index contributed by atoms with van der Waals surface area (Å²) < 4.78 is 4.76. The van der Waals surface area contributed by atoms with Crippen molar-refractivity contribution >= 4 is 44.4 Å². The SMILES string of the molecule is O=c1c2ccccc2n2c(SCc3ccccc3Br)nnc2n1Cc1ccccc1. The Kier molecular flexibility index (Phi) is 5.14. The maximum Gasteiger partial charge on any atom is 0.263 e. The van der Waals surface area contributed by atoms with Crippen LogP contribution in [0.1, 0.15) is 11.1 Å². The molecule has 30 heavy (non-hydrogen) atoms. The largest absolute Gasteiger partial charge is 0.272 e. The number of halogens is 1. The summed E-state index contributed by atoms with van der Waals surface area (Å²) in [5.74, 6) is 1.30. The van der Waals surface area contributed by atoms with Gasteiger partial charge >= 0.3 is 0 Å². The number of benzene rings is 3. The molecule has 0 amide bonds. The Balaban J connectivity index is 1.65. The van der Waals surface area contributed by atoms with Gasteiger partial charge in [-0.15, -0.1) is 10.2 Å². The molecule has 5 rings (SSSR count). The molecule has 3 aromatic carbocycles. The van der Waals surface area contributed by atoms with Crippen LogP contribution in [0.25, 0.3) is 16.7 Å². The number of rotatable bonds is 5. The summed E-state index contributed by atoms with van der Waals surface area (Å²) in [7, 11) is 0. The van der Waals surface area contributed by atoms with Gasteiger partial charge in [0.05, 0.1) is 17.4 Å². The van der Waals surface area contributed by atoms with Crippen molar-refractivity contribution in [3.05, 3.63) is 105 Å². The van der Waals surface area contributed by atoms with E-state index in [2.05, 4.69) is 32.2 Å². The number of hydrogen-bond acceptors (Lipinski definition) is 4. The number of aromatic nitrogens is 4. The molecule has 0 saturated heterocycles. The second kappa shape index (κ2) is 8.08. The topological polar surface area (TPSA) is 52.2 Å². The Bertz CT molecular complexity index is 1410. The molecule has 0 spiro atoms. The Hall–Kier alpha value is -2.90. The molecule has 0 N–H and O–H groups in total. The summed E-state index contributed by atoms with van der Waals surface area (Å²) in [5, 5.41) is 10.3. The summed E-state index contributed by atoms with van der Waals surface area (Å²) >= 11 is 5.21. The molecule has 0 unspecified atom stereocenters. The average molecular weight is 477 g/mol. The Labute approximate surface area is 185 Å². The molecule has 0 bridgehead atoms. The first-order valence-electron chi connectivity index (χ1n) is 9.49. The van der Waals surface area contributed by atoms with Gasteiger partial charge in [0.25, 0.3) is 5.56 Å². The van der Waals surface area contributed by atoms with E-state index >= 15 is 0 Å². The molecule has 0 saturated carbocycles. The molecule has 2 heterocycles. The standard InChI is InChI=1S/C23H17BrN4OS/c24-19-12-6-4-10-17(19)15-30-23-26-25-22-27(14-16-8-2-1-3-9-16)21(29)18-11-5-7-13-20(18)28(22)23/h1-13H,14-15H2. The van der Waals surface area contributed by atoms with Crippen molar-refractivity contribution in [2.45, 2.75) is 17.5 Å². The molecule has 0 aliphatic rings. The quantitative estimate of drug-likeness (QED) is 0.329. The van der Waals surface area contributed by atoms with Crippen molar-refractivity contribution in [3.63, 3.8) is 0 Å². The van der Waals surface area contributed by atoms with Crippen LogP contribution in [0.2, 0.25) is 0 Å². The molecule has 0 aliphatic heterocycles. The third-order valence-electron chi connectivity index (χ3n) is 4.98. The van der Waals surface area contributed by atoms with E-state index in [1.807, 2.05) is 77.2 Å². The Morgan fingerprint density at radius 1 is 0.867 bits per heavy atom. The van der Waals surface area contributed by atoms with Gasteiger partial charge in [-0.1, -0.05) is 88.4 Å². The number of para-hydroxylation sites is 1. The van der Waals surface area contributed by atoms with E-state index in [1.165, 1.54) is 5.56 Å². The van der Waals surface area contributed by atoms with E-state index in [1.54, 1.807) is 16.3 Å². The zero-order valence-electron chi connectivity index (χ0n) is 15.9. The van der Waals surface area contributed by atoms with Gasteiger partial charge in [0, 0.05) is 10.2 Å². The zero-order valence-corrected chi connectivity index (χ0v) is 18.3. The van der Waals surface area contributed by atoms with E-state index in [-0.39, 0.29) is 5.56 Å². The predicted molar refractivity (Wildman–Crippen MR) is 124 cm³/mol. The van der Waals surface area contributed by atoms with Crippen molar-refractivity contribution in [3.8, 4) is 0 Å². The van der Waals surface area contributed by atoms with Gasteiger partial charge < -0.3 is 0 Å². The van der Waals surface area contributed by atoms with Gasteiger partial charge in [0.1, 0.15) is 0 Å². The number of hydrogen-bond donors (Lipinski definition) is 0. The van der Waals surface area contributed by atoms with Crippen LogP contribution in [0.15, 0.2) is 93.3 Å². The molecule has 0 aliphatic carbocycles. The fraction of sp³-hybridized carbons (Fsp3) is 0.0870. The molecule has 0 radical (unpaired) electrons. The molecule has 0 fully saturated rings. The van der Waals surface area contributed by atoms with Gasteiger partial charge in [0.2, 0.25) is 5.78 Å². The highest BCUT2D eigenvalue weighted by Gasteiger charge is 2.17. The van der Waals surface area contributed by atoms with Crippen LogP contribution in [0.3, 0.4) is 0 Å². The molecule has 7 heteroatoms. The van der Waals surface area contributed by atoms with Gasteiger partial charge in [-0.2, -0.15) is 0 Å². The normalized spacial score (nSPS) is 11.4. The van der Waals surface area contributed by atoms with E-state index in [0.717, 1.165) is 26.5 Å². The van der Waals surface area contributed by atoms with Crippen molar-refractivity contribution in [1.29, 1.82) is 0 Å². The average Bonchev–Trinajstić information content (AvgIpc) is 3.21. The van der Waals surface area contributed by atoms with E-state index in [9.17, 15) is 4.79 Å². The lowest BCUT2D eigenvalue weighted by molar-refractivity contribution is 0.764. The van der Waals surface area contributed by atoms with E-state index in [4.69, 9.17) is 0 Å².